The van der Waals surface area contributed by atoms with Gasteiger partial charge in [0.2, 0.25) is 0 Å². The fourth-order valence-corrected chi connectivity index (χ4v) is 11.1. The van der Waals surface area contributed by atoms with E-state index in [4.69, 9.17) is 4.12 Å². The van der Waals surface area contributed by atoms with Gasteiger partial charge in [0.15, 0.2) is 17.4 Å². The van der Waals surface area contributed by atoms with E-state index in [2.05, 4.69) is 45.3 Å². The van der Waals surface area contributed by atoms with Crippen LogP contribution in [0.2, 0.25) is 31.2 Å². The van der Waals surface area contributed by atoms with Crippen molar-refractivity contribution in [1.29, 1.82) is 0 Å². The highest BCUT2D eigenvalue weighted by Gasteiger charge is 2.41. The monoisotopic (exact) mass is 350 g/mol. The summed E-state index contributed by atoms with van der Waals surface area (Å²) in [5.74, 6) is 0. The minimum atomic E-state index is -1.48. The molecule has 0 aromatic rings. The van der Waals surface area contributed by atoms with Crippen LogP contribution >= 0.6 is 0 Å². The summed E-state index contributed by atoms with van der Waals surface area (Å²) in [5, 5.41) is 0.259. The second-order valence-electron chi connectivity index (χ2n) is 8.73. The smallest absolute Gasteiger partial charge is 0.174 e. The lowest BCUT2D eigenvalue weighted by molar-refractivity contribution is 0.522. The molecule has 0 aliphatic heterocycles. The first-order valence-corrected chi connectivity index (χ1v) is 15.5. The molecule has 0 N–H and O–H groups in total. The Morgan fingerprint density at radius 2 is 1.35 bits per heavy atom. The average molecular weight is 351 g/mol. The van der Waals surface area contributed by atoms with E-state index in [1.54, 1.807) is 11.1 Å². The quantitative estimate of drug-likeness (QED) is 0.394. The Balaban J connectivity index is 2.36. The summed E-state index contributed by atoms with van der Waals surface area (Å²) >= 11 is 0. The summed E-state index contributed by atoms with van der Waals surface area (Å²) in [5.41, 5.74) is 3.47. The number of hydrogen-bond acceptors (Lipinski definition) is 1. The van der Waals surface area contributed by atoms with E-state index >= 15 is 0 Å². The standard InChI is InChI=1S/C20H38OSi2/c1-20(22(2)21-23(3,4)5,18-14-10-6-7-11-15-18)19-16-12-8-9-13-17-19/h14,16,22H,6-13,15,17H2,1-5H3. The maximum absolute atomic E-state index is 6.79. The molecule has 0 saturated heterocycles. The Morgan fingerprint density at radius 3 is 1.78 bits per heavy atom. The first kappa shape index (κ1) is 19.2. The van der Waals surface area contributed by atoms with E-state index in [0.717, 1.165) is 0 Å². The van der Waals surface area contributed by atoms with Gasteiger partial charge >= 0.3 is 0 Å². The molecule has 0 aromatic carbocycles. The van der Waals surface area contributed by atoms with Crippen molar-refractivity contribution in [1.82, 2.24) is 0 Å². The number of allylic oxidation sites excluding steroid dienone is 4. The number of hydrogen-bond donors (Lipinski definition) is 0. The van der Waals surface area contributed by atoms with Crippen LogP contribution in [-0.2, 0) is 4.12 Å². The molecule has 2 rings (SSSR count). The molecular weight excluding hydrogens is 312 g/mol. The van der Waals surface area contributed by atoms with Gasteiger partial charge in [-0.05, 0) is 77.6 Å². The van der Waals surface area contributed by atoms with E-state index < -0.39 is 17.4 Å². The highest BCUT2D eigenvalue weighted by molar-refractivity contribution is 6.78. The van der Waals surface area contributed by atoms with Gasteiger partial charge in [-0.3, -0.25) is 0 Å². The Kier molecular flexibility index (Phi) is 6.93. The van der Waals surface area contributed by atoms with Crippen molar-refractivity contribution in [2.45, 2.75) is 102 Å². The lowest BCUT2D eigenvalue weighted by Crippen LogP contribution is -2.42. The molecule has 0 bridgehead atoms. The van der Waals surface area contributed by atoms with Gasteiger partial charge in [0.05, 0.1) is 0 Å². The molecule has 0 saturated carbocycles. The summed E-state index contributed by atoms with van der Waals surface area (Å²) in [7, 11) is -2.79. The lowest BCUT2D eigenvalue weighted by Gasteiger charge is -2.42. The Morgan fingerprint density at radius 1 is 0.870 bits per heavy atom. The van der Waals surface area contributed by atoms with Crippen molar-refractivity contribution < 1.29 is 4.12 Å². The zero-order chi connectivity index (χ0) is 16.9. The van der Waals surface area contributed by atoms with Crippen molar-refractivity contribution in [2.24, 2.45) is 0 Å². The molecule has 0 heterocycles. The van der Waals surface area contributed by atoms with Crippen molar-refractivity contribution in [3.05, 3.63) is 23.3 Å². The fourth-order valence-electron chi connectivity index (χ4n) is 4.35. The summed E-state index contributed by atoms with van der Waals surface area (Å²) in [6, 6.07) is 0. The maximum atomic E-state index is 6.79. The molecule has 1 nitrogen and oxygen atoms in total. The maximum Gasteiger partial charge on any atom is 0.174 e. The second-order valence-corrected chi connectivity index (χ2v) is 16.3. The molecular formula is C20H38OSi2. The molecule has 0 amide bonds. The van der Waals surface area contributed by atoms with Crippen LogP contribution in [0.5, 0.6) is 0 Å². The van der Waals surface area contributed by atoms with E-state index in [0.29, 0.717) is 0 Å². The van der Waals surface area contributed by atoms with Crippen LogP contribution in [0.3, 0.4) is 0 Å². The van der Waals surface area contributed by atoms with Crippen LogP contribution < -0.4 is 0 Å². The van der Waals surface area contributed by atoms with Crippen molar-refractivity contribution in [2.75, 3.05) is 0 Å². The van der Waals surface area contributed by atoms with Gasteiger partial charge in [-0.25, -0.2) is 0 Å². The van der Waals surface area contributed by atoms with E-state index in [1.165, 1.54) is 64.2 Å². The van der Waals surface area contributed by atoms with E-state index in [-0.39, 0.29) is 5.04 Å². The normalized spacial score (nSPS) is 22.7. The summed E-state index contributed by atoms with van der Waals surface area (Å²) < 4.78 is 6.79. The Hall–Kier alpha value is -0.126. The molecule has 2 aliphatic carbocycles. The van der Waals surface area contributed by atoms with Gasteiger partial charge in [0, 0.05) is 5.04 Å². The molecule has 1 unspecified atom stereocenters. The Labute approximate surface area is 147 Å². The van der Waals surface area contributed by atoms with Gasteiger partial charge in [-0.2, -0.15) is 0 Å². The summed E-state index contributed by atoms with van der Waals surface area (Å²) in [6.07, 6.45) is 18.7. The summed E-state index contributed by atoms with van der Waals surface area (Å²) in [4.78, 5) is 0. The zero-order valence-corrected chi connectivity index (χ0v) is 18.4. The topological polar surface area (TPSA) is 9.23 Å². The molecule has 23 heavy (non-hydrogen) atoms. The molecule has 3 heteroatoms. The van der Waals surface area contributed by atoms with Gasteiger partial charge in [-0.15, -0.1) is 0 Å². The van der Waals surface area contributed by atoms with Gasteiger partial charge in [-0.1, -0.05) is 43.1 Å². The second kappa shape index (κ2) is 8.31. The largest absolute Gasteiger partial charge is 0.457 e. The van der Waals surface area contributed by atoms with Gasteiger partial charge < -0.3 is 4.12 Å². The third-order valence-electron chi connectivity index (χ3n) is 5.76. The van der Waals surface area contributed by atoms with E-state index in [9.17, 15) is 0 Å². The lowest BCUT2D eigenvalue weighted by atomic mass is 9.86. The molecule has 0 aromatic heterocycles. The van der Waals surface area contributed by atoms with Crippen LogP contribution in [0.1, 0.15) is 71.1 Å². The molecule has 0 spiro atoms. The SMILES string of the molecule is C[SiH](O[Si](C)(C)C)C(C)(C1=CCCCCC1)C1=CCCCCC1. The van der Waals surface area contributed by atoms with Gasteiger partial charge in [0.25, 0.3) is 0 Å². The van der Waals surface area contributed by atoms with Crippen LogP contribution in [0.15, 0.2) is 23.3 Å². The molecule has 132 valence electrons. The van der Waals surface area contributed by atoms with Crippen molar-refractivity contribution >= 4 is 17.4 Å². The predicted molar refractivity (Wildman–Crippen MR) is 108 cm³/mol. The molecule has 1 atom stereocenters. The molecule has 2 aliphatic rings. The van der Waals surface area contributed by atoms with Crippen molar-refractivity contribution in [3.8, 4) is 0 Å². The third-order valence-corrected chi connectivity index (χ3v) is 12.4. The minimum absolute atomic E-state index is 0.259. The van der Waals surface area contributed by atoms with Crippen LogP contribution in [0.25, 0.3) is 0 Å². The van der Waals surface area contributed by atoms with Crippen LogP contribution in [-0.4, -0.2) is 17.4 Å². The fraction of sp³-hybridized carbons (Fsp3) is 0.800. The predicted octanol–water partition coefficient (Wildman–Crippen LogP) is 6.73. The molecule has 0 radical (unpaired) electrons. The minimum Gasteiger partial charge on any atom is -0.457 e. The first-order chi connectivity index (χ1) is 10.8. The highest BCUT2D eigenvalue weighted by Crippen LogP contribution is 2.51. The molecule has 0 fully saturated rings. The van der Waals surface area contributed by atoms with E-state index in [1.807, 2.05) is 0 Å². The number of rotatable bonds is 5. The summed E-state index contributed by atoms with van der Waals surface area (Å²) in [6.45, 7) is 12.1. The van der Waals surface area contributed by atoms with Crippen molar-refractivity contribution in [3.63, 3.8) is 0 Å². The zero-order valence-electron chi connectivity index (χ0n) is 16.2. The van der Waals surface area contributed by atoms with Crippen LogP contribution in [0, 0.1) is 0 Å². The Bertz CT molecular complexity index is 417. The van der Waals surface area contributed by atoms with Gasteiger partial charge in [0.1, 0.15) is 0 Å². The third kappa shape index (κ3) is 5.17. The van der Waals surface area contributed by atoms with Crippen LogP contribution in [0.4, 0.5) is 0 Å². The highest BCUT2D eigenvalue weighted by atomic mass is 28.4. The average Bonchev–Trinajstić information content (AvgIpc) is 2.89. The first-order valence-electron chi connectivity index (χ1n) is 9.91.